The summed E-state index contributed by atoms with van der Waals surface area (Å²) in [6.45, 7) is 13.2. The number of guanidine groups is 1. The third kappa shape index (κ3) is 6.14. The minimum absolute atomic E-state index is 0.164. The lowest BCUT2D eigenvalue weighted by Gasteiger charge is -2.40. The van der Waals surface area contributed by atoms with Gasteiger partial charge in [-0.15, -0.1) is 0 Å². The van der Waals surface area contributed by atoms with Crippen LogP contribution in [0.2, 0.25) is 0 Å². The van der Waals surface area contributed by atoms with Crippen LogP contribution in [0.3, 0.4) is 0 Å². The van der Waals surface area contributed by atoms with Crippen molar-refractivity contribution in [1.82, 2.24) is 24.9 Å². The van der Waals surface area contributed by atoms with Gasteiger partial charge in [-0.1, -0.05) is 0 Å². The van der Waals surface area contributed by atoms with Gasteiger partial charge < -0.3 is 19.9 Å². The Kier molecular flexibility index (Phi) is 7.17. The maximum Gasteiger partial charge on any atom is 0.410 e. The number of hydrogen-bond donors (Lipinski definition) is 1. The molecule has 31 heavy (non-hydrogen) atoms. The number of ether oxygens (including phenoxy) is 1. The molecule has 2 aliphatic rings. The number of amides is 1. The molecule has 8 heteroatoms. The summed E-state index contributed by atoms with van der Waals surface area (Å²) in [7, 11) is 3.81. The number of piperidine rings is 1. The van der Waals surface area contributed by atoms with Crippen LogP contribution in [0.1, 0.15) is 63.4 Å². The highest BCUT2D eigenvalue weighted by atomic mass is 16.6. The minimum atomic E-state index is -0.464. The molecule has 1 aromatic heterocycles. The molecule has 1 aliphatic carbocycles. The van der Waals surface area contributed by atoms with E-state index in [1.165, 1.54) is 24.1 Å². The standard InChI is InChI=1S/C23H40N6O2/c1-16-20(17(2)27(7)26-16)14-25-21(24-6)28-12-10-19(11-13-28)29(15-18-8-9-18)22(30)31-23(3,4)5/h18-19H,8-15H2,1-7H3,(H,24,25). The number of carbonyl (C=O) groups excluding carboxylic acids is 1. The number of aliphatic imine (C=N–C) groups is 1. The van der Waals surface area contributed by atoms with Crippen LogP contribution in [0.4, 0.5) is 4.79 Å². The van der Waals surface area contributed by atoms with Gasteiger partial charge in [0.2, 0.25) is 0 Å². The predicted molar refractivity (Wildman–Crippen MR) is 123 cm³/mol. The first-order chi connectivity index (χ1) is 14.6. The van der Waals surface area contributed by atoms with Crippen molar-refractivity contribution in [3.05, 3.63) is 17.0 Å². The van der Waals surface area contributed by atoms with Crippen molar-refractivity contribution in [3.63, 3.8) is 0 Å². The Balaban J connectivity index is 1.57. The van der Waals surface area contributed by atoms with Crippen LogP contribution in [0.25, 0.3) is 0 Å². The molecule has 2 heterocycles. The summed E-state index contributed by atoms with van der Waals surface area (Å²) < 4.78 is 7.64. The number of hydrogen-bond acceptors (Lipinski definition) is 4. The van der Waals surface area contributed by atoms with Gasteiger partial charge in [-0.3, -0.25) is 9.67 Å². The van der Waals surface area contributed by atoms with Crippen molar-refractivity contribution in [1.29, 1.82) is 0 Å². The molecule has 0 bridgehead atoms. The molecular formula is C23H40N6O2. The first-order valence-electron chi connectivity index (χ1n) is 11.5. The van der Waals surface area contributed by atoms with E-state index >= 15 is 0 Å². The van der Waals surface area contributed by atoms with Gasteiger partial charge in [-0.2, -0.15) is 5.10 Å². The number of likely N-dealkylation sites (tertiary alicyclic amines) is 1. The number of aromatic nitrogens is 2. The van der Waals surface area contributed by atoms with Crippen LogP contribution in [-0.2, 0) is 18.3 Å². The molecule has 1 N–H and O–H groups in total. The van der Waals surface area contributed by atoms with Gasteiger partial charge in [-0.25, -0.2) is 4.79 Å². The molecule has 1 saturated carbocycles. The lowest BCUT2D eigenvalue weighted by Crippen LogP contribution is -2.52. The van der Waals surface area contributed by atoms with Gasteiger partial charge in [0, 0.05) is 57.6 Å². The van der Waals surface area contributed by atoms with Crippen LogP contribution in [-0.4, -0.2) is 70.0 Å². The molecule has 2 fully saturated rings. The first kappa shape index (κ1) is 23.4. The lowest BCUT2D eigenvalue weighted by molar-refractivity contribution is 0.00928. The second-order valence-electron chi connectivity index (χ2n) is 9.97. The van der Waals surface area contributed by atoms with E-state index in [0.717, 1.165) is 44.1 Å². The molecule has 0 spiro atoms. The zero-order chi connectivity index (χ0) is 22.8. The largest absolute Gasteiger partial charge is 0.444 e. The Labute approximate surface area is 187 Å². The molecule has 8 nitrogen and oxygen atoms in total. The Morgan fingerprint density at radius 1 is 1.23 bits per heavy atom. The third-order valence-electron chi connectivity index (χ3n) is 6.28. The van der Waals surface area contributed by atoms with Crippen molar-refractivity contribution in [2.45, 2.75) is 78.5 Å². The van der Waals surface area contributed by atoms with Gasteiger partial charge in [0.25, 0.3) is 0 Å². The van der Waals surface area contributed by atoms with E-state index < -0.39 is 5.60 Å². The Hall–Kier alpha value is -2.25. The fourth-order valence-electron chi connectivity index (χ4n) is 4.23. The van der Waals surface area contributed by atoms with Crippen molar-refractivity contribution < 1.29 is 9.53 Å². The maximum absolute atomic E-state index is 12.9. The second-order valence-corrected chi connectivity index (χ2v) is 9.97. The number of aryl methyl sites for hydroxylation is 2. The smallest absolute Gasteiger partial charge is 0.410 e. The van der Waals surface area contributed by atoms with Gasteiger partial charge in [0.05, 0.1) is 5.69 Å². The van der Waals surface area contributed by atoms with Crippen molar-refractivity contribution in [2.24, 2.45) is 18.0 Å². The van der Waals surface area contributed by atoms with Crippen molar-refractivity contribution in [2.75, 3.05) is 26.7 Å². The first-order valence-corrected chi connectivity index (χ1v) is 11.5. The van der Waals surface area contributed by atoms with E-state index in [1.807, 2.05) is 51.4 Å². The van der Waals surface area contributed by atoms with Gasteiger partial charge in [0.1, 0.15) is 5.60 Å². The van der Waals surface area contributed by atoms with E-state index in [0.29, 0.717) is 12.5 Å². The van der Waals surface area contributed by atoms with Crippen molar-refractivity contribution >= 4 is 12.1 Å². The molecule has 174 valence electrons. The van der Waals surface area contributed by atoms with Crippen LogP contribution in [0.15, 0.2) is 4.99 Å². The Morgan fingerprint density at radius 3 is 2.35 bits per heavy atom. The molecule has 1 amide bonds. The monoisotopic (exact) mass is 432 g/mol. The molecule has 3 rings (SSSR count). The molecule has 0 atom stereocenters. The fourth-order valence-corrected chi connectivity index (χ4v) is 4.23. The highest BCUT2D eigenvalue weighted by Gasteiger charge is 2.35. The van der Waals surface area contributed by atoms with Crippen LogP contribution in [0, 0.1) is 19.8 Å². The van der Waals surface area contributed by atoms with E-state index in [-0.39, 0.29) is 12.1 Å². The molecule has 1 saturated heterocycles. The van der Waals surface area contributed by atoms with Crippen LogP contribution >= 0.6 is 0 Å². The Morgan fingerprint density at radius 2 is 1.87 bits per heavy atom. The predicted octanol–water partition coefficient (Wildman–Crippen LogP) is 3.22. The highest BCUT2D eigenvalue weighted by molar-refractivity contribution is 5.80. The van der Waals surface area contributed by atoms with Gasteiger partial charge in [0.15, 0.2) is 5.96 Å². The normalized spacial score (nSPS) is 18.3. The van der Waals surface area contributed by atoms with Gasteiger partial charge >= 0.3 is 6.09 Å². The van der Waals surface area contributed by atoms with Gasteiger partial charge in [-0.05, 0) is 66.2 Å². The SMILES string of the molecule is CN=C(NCc1c(C)nn(C)c1C)N1CCC(N(CC2CC2)C(=O)OC(C)(C)C)CC1. The van der Waals surface area contributed by atoms with Crippen LogP contribution < -0.4 is 5.32 Å². The molecule has 1 aromatic rings. The summed E-state index contributed by atoms with van der Waals surface area (Å²) in [6.07, 6.45) is 4.14. The number of rotatable bonds is 5. The topological polar surface area (TPSA) is 75.0 Å². The van der Waals surface area contributed by atoms with Crippen molar-refractivity contribution in [3.8, 4) is 0 Å². The molecule has 0 radical (unpaired) electrons. The molecule has 0 unspecified atom stereocenters. The van der Waals surface area contributed by atoms with E-state index in [9.17, 15) is 4.79 Å². The zero-order valence-corrected chi connectivity index (χ0v) is 20.4. The highest BCUT2D eigenvalue weighted by Crippen LogP contribution is 2.32. The van der Waals surface area contributed by atoms with E-state index in [1.54, 1.807) is 0 Å². The molecular weight excluding hydrogens is 392 g/mol. The maximum atomic E-state index is 12.9. The van der Waals surface area contributed by atoms with E-state index in [2.05, 4.69) is 27.2 Å². The summed E-state index contributed by atoms with van der Waals surface area (Å²) in [4.78, 5) is 21.7. The second kappa shape index (κ2) is 9.49. The summed E-state index contributed by atoms with van der Waals surface area (Å²) in [5.74, 6) is 1.55. The average Bonchev–Trinajstić information content (AvgIpc) is 3.48. The number of carbonyl (C=O) groups is 1. The average molecular weight is 433 g/mol. The summed E-state index contributed by atoms with van der Waals surface area (Å²) in [5.41, 5.74) is 2.98. The summed E-state index contributed by atoms with van der Waals surface area (Å²) in [6, 6.07) is 0.229. The Bertz CT molecular complexity index is 798. The number of nitrogens with zero attached hydrogens (tertiary/aromatic N) is 5. The van der Waals surface area contributed by atoms with E-state index in [4.69, 9.17) is 4.74 Å². The van der Waals surface area contributed by atoms with Crippen LogP contribution in [0.5, 0.6) is 0 Å². The molecule has 1 aliphatic heterocycles. The fraction of sp³-hybridized carbons (Fsp3) is 0.783. The summed E-state index contributed by atoms with van der Waals surface area (Å²) >= 11 is 0. The third-order valence-corrected chi connectivity index (χ3v) is 6.28. The molecule has 0 aromatic carbocycles. The zero-order valence-electron chi connectivity index (χ0n) is 20.4. The minimum Gasteiger partial charge on any atom is -0.444 e. The quantitative estimate of drug-likeness (QED) is 0.571. The number of nitrogens with one attached hydrogen (secondary N) is 1. The lowest BCUT2D eigenvalue weighted by atomic mass is 10.0. The summed E-state index contributed by atoms with van der Waals surface area (Å²) in [5, 5.41) is 8.01.